The van der Waals surface area contributed by atoms with Crippen molar-refractivity contribution in [3.8, 4) is 0 Å². The number of fused-ring (bicyclic) bond motifs is 9. The number of carbonyl (C=O) groups is 1. The van der Waals surface area contributed by atoms with Crippen molar-refractivity contribution in [3.05, 3.63) is 99.3 Å². The zero-order valence-corrected chi connectivity index (χ0v) is 31.3. The molecule has 10 heteroatoms. The zero-order chi connectivity index (χ0) is 35.1. The molecule has 2 bridgehead atoms. The number of thiophene rings is 2. The van der Waals surface area contributed by atoms with E-state index in [1.807, 2.05) is 48.5 Å². The van der Waals surface area contributed by atoms with Gasteiger partial charge in [-0.25, -0.2) is 8.42 Å². The maximum Gasteiger partial charge on any atom is 0.252 e. The van der Waals surface area contributed by atoms with Gasteiger partial charge in [0.05, 0.1) is 22.7 Å². The summed E-state index contributed by atoms with van der Waals surface area (Å²) in [5, 5.41) is 26.7. The first-order valence-electron chi connectivity index (χ1n) is 17.8. The van der Waals surface area contributed by atoms with Crippen LogP contribution in [0, 0.1) is 5.41 Å². The minimum Gasteiger partial charge on any atom is -0.393 e. The molecular formula is C40H47NO6S3. The molecule has 8 rings (SSSR count). The Morgan fingerprint density at radius 1 is 1.06 bits per heavy atom. The number of allylic oxidation sites excluding steroid dienone is 2. The first-order valence-corrected chi connectivity index (χ1v) is 21.0. The number of ether oxygens (including phenoxy) is 1. The molecule has 2 aromatic carbocycles. The van der Waals surface area contributed by atoms with E-state index >= 15 is 0 Å². The van der Waals surface area contributed by atoms with Crippen molar-refractivity contribution in [3.63, 3.8) is 0 Å². The van der Waals surface area contributed by atoms with Gasteiger partial charge in [-0.3, -0.25) is 4.79 Å². The van der Waals surface area contributed by atoms with Crippen molar-refractivity contribution < 1.29 is 28.2 Å². The molecule has 2 N–H and O–H groups in total. The quantitative estimate of drug-likeness (QED) is 0.140. The van der Waals surface area contributed by atoms with Crippen molar-refractivity contribution in [1.29, 1.82) is 0 Å². The molecule has 1 saturated carbocycles. The van der Waals surface area contributed by atoms with Gasteiger partial charge in [0.1, 0.15) is 4.21 Å². The summed E-state index contributed by atoms with van der Waals surface area (Å²) in [4.78, 5) is 15.2. The van der Waals surface area contributed by atoms with Crippen LogP contribution in [0.1, 0.15) is 97.5 Å². The van der Waals surface area contributed by atoms with Gasteiger partial charge in [-0.2, -0.15) is 4.31 Å². The normalized spacial score (nSPS) is 27.8. The number of aliphatic hydroxyl groups is 2. The van der Waals surface area contributed by atoms with E-state index in [2.05, 4.69) is 19.9 Å². The van der Waals surface area contributed by atoms with Crippen LogP contribution in [0.5, 0.6) is 0 Å². The lowest BCUT2D eigenvalue weighted by atomic mass is 9.65. The van der Waals surface area contributed by atoms with Crippen molar-refractivity contribution in [2.24, 2.45) is 5.41 Å². The summed E-state index contributed by atoms with van der Waals surface area (Å²) in [7, 11) is -3.89. The Hall–Kier alpha value is -2.70. The van der Waals surface area contributed by atoms with Crippen molar-refractivity contribution >= 4 is 48.6 Å². The van der Waals surface area contributed by atoms with Gasteiger partial charge >= 0.3 is 0 Å². The fraction of sp³-hybridized carbons (Fsp3) is 0.475. The highest BCUT2D eigenvalue weighted by atomic mass is 32.2. The summed E-state index contributed by atoms with van der Waals surface area (Å²) >= 11 is 2.67. The molecule has 2 aromatic heterocycles. The van der Waals surface area contributed by atoms with Crippen LogP contribution in [-0.2, 0) is 21.2 Å². The number of hydrogen-bond donors (Lipinski definition) is 2. The topological polar surface area (TPSA) is 104 Å². The number of rotatable bonds is 8. The number of hydrogen-bond acceptors (Lipinski definition) is 8. The molecule has 1 saturated heterocycles. The predicted molar refractivity (Wildman–Crippen MR) is 201 cm³/mol. The van der Waals surface area contributed by atoms with Crippen LogP contribution in [0.4, 0.5) is 0 Å². The second kappa shape index (κ2) is 14.4. The second-order valence-corrected chi connectivity index (χ2v) is 19.0. The largest absolute Gasteiger partial charge is 0.393 e. The van der Waals surface area contributed by atoms with Gasteiger partial charge in [-0.05, 0) is 117 Å². The van der Waals surface area contributed by atoms with Gasteiger partial charge in [0.2, 0.25) is 5.78 Å². The van der Waals surface area contributed by atoms with Crippen LogP contribution in [-0.4, -0.2) is 66.2 Å². The molecule has 3 heterocycles. The third kappa shape index (κ3) is 6.93. The van der Waals surface area contributed by atoms with E-state index in [4.69, 9.17) is 4.74 Å². The van der Waals surface area contributed by atoms with Crippen molar-refractivity contribution in [2.75, 3.05) is 19.7 Å². The Balaban J connectivity index is 1.32. The summed E-state index contributed by atoms with van der Waals surface area (Å²) in [5.41, 5.74) is 1.46. The van der Waals surface area contributed by atoms with E-state index in [1.54, 1.807) is 17.5 Å². The van der Waals surface area contributed by atoms with Crippen molar-refractivity contribution in [2.45, 2.75) is 99.6 Å². The fourth-order valence-corrected chi connectivity index (χ4v) is 12.2. The van der Waals surface area contributed by atoms with Gasteiger partial charge in [0.25, 0.3) is 10.0 Å². The molecule has 7 nitrogen and oxygen atoms in total. The van der Waals surface area contributed by atoms with Crippen LogP contribution in [0.15, 0.2) is 81.9 Å². The Morgan fingerprint density at radius 2 is 1.90 bits per heavy atom. The number of carbonyl (C=O) groups excluding carboxylic acids is 1. The molecule has 50 heavy (non-hydrogen) atoms. The molecule has 0 radical (unpaired) electrons. The lowest BCUT2D eigenvalue weighted by Gasteiger charge is -2.46. The Morgan fingerprint density at radius 3 is 2.66 bits per heavy atom. The Bertz CT molecular complexity index is 1950. The highest BCUT2D eigenvalue weighted by Gasteiger charge is 2.58. The summed E-state index contributed by atoms with van der Waals surface area (Å²) in [6.45, 7) is 4.94. The van der Waals surface area contributed by atoms with E-state index < -0.39 is 27.1 Å². The van der Waals surface area contributed by atoms with Gasteiger partial charge in [0.15, 0.2) is 0 Å². The molecule has 1 aliphatic heterocycles. The maximum absolute atomic E-state index is 14.6. The second-order valence-electron chi connectivity index (χ2n) is 14.8. The van der Waals surface area contributed by atoms with Crippen LogP contribution in [0.25, 0.3) is 10.1 Å². The van der Waals surface area contributed by atoms with E-state index in [0.29, 0.717) is 55.6 Å². The average molecular weight is 734 g/mol. The lowest BCUT2D eigenvalue weighted by molar-refractivity contribution is -0.0754. The Labute approximate surface area is 303 Å². The van der Waals surface area contributed by atoms with Crippen LogP contribution >= 0.6 is 22.7 Å². The van der Waals surface area contributed by atoms with Gasteiger partial charge in [-0.1, -0.05) is 55.0 Å². The molecule has 4 aromatic rings. The van der Waals surface area contributed by atoms with E-state index in [-0.39, 0.29) is 35.1 Å². The summed E-state index contributed by atoms with van der Waals surface area (Å²) < 4.78 is 37.1. The summed E-state index contributed by atoms with van der Waals surface area (Å²) in [6.07, 6.45) is 7.26. The smallest absolute Gasteiger partial charge is 0.252 e. The summed E-state index contributed by atoms with van der Waals surface area (Å²) in [5.74, 6) is -0.260. The first-order chi connectivity index (χ1) is 24.0. The van der Waals surface area contributed by atoms with Crippen LogP contribution < -0.4 is 0 Å². The standard InChI is InChI=1S/C40H47NO6S3/c1-27-8-5-18-39(2)34(17-19-40(39,44)26-41(25-31-10-6-20-47-31)50(45,46)37-12-7-21-48-37)32-16-14-28(22-30(42)15-13-27)23-33(32)38(43)36-24-29-9-3-4-11-35(29)49-36/h3-4,7-9,11-12,14,16,21,23-24,30-31,34,42,44H,5-6,10,13,15,17-20,22,25-26H2,1-2H3/t30-,31+,34-,39-,40+/m0/s1. The highest BCUT2D eigenvalue weighted by Crippen LogP contribution is 2.59. The third-order valence-electron chi connectivity index (χ3n) is 11.5. The van der Waals surface area contributed by atoms with E-state index in [0.717, 1.165) is 40.5 Å². The molecule has 5 atom stereocenters. The maximum atomic E-state index is 14.6. The number of ketones is 1. The number of nitrogens with zero attached hydrogens (tertiary/aromatic N) is 1. The number of aliphatic hydroxyl groups excluding tert-OH is 1. The van der Waals surface area contributed by atoms with Crippen LogP contribution in [0.2, 0.25) is 0 Å². The molecule has 0 unspecified atom stereocenters. The van der Waals surface area contributed by atoms with Gasteiger partial charge in [-0.15, -0.1) is 22.7 Å². The minimum atomic E-state index is -3.89. The monoisotopic (exact) mass is 733 g/mol. The van der Waals surface area contributed by atoms with Crippen molar-refractivity contribution in [1.82, 2.24) is 4.31 Å². The highest BCUT2D eigenvalue weighted by molar-refractivity contribution is 7.91. The molecule has 0 amide bonds. The van der Waals surface area contributed by atoms with E-state index in [1.165, 1.54) is 32.6 Å². The van der Waals surface area contributed by atoms with Crippen LogP contribution in [0.3, 0.4) is 0 Å². The zero-order valence-electron chi connectivity index (χ0n) is 28.8. The van der Waals surface area contributed by atoms with Gasteiger partial charge in [0, 0.05) is 35.4 Å². The first kappa shape index (κ1) is 35.7. The van der Waals surface area contributed by atoms with E-state index in [9.17, 15) is 23.4 Å². The number of benzene rings is 2. The van der Waals surface area contributed by atoms with Gasteiger partial charge < -0.3 is 14.9 Å². The molecule has 2 fully saturated rings. The predicted octanol–water partition coefficient (Wildman–Crippen LogP) is 8.10. The summed E-state index contributed by atoms with van der Waals surface area (Å²) in [6, 6.07) is 19.4. The molecular weight excluding hydrogens is 687 g/mol. The average Bonchev–Trinajstić information content (AvgIpc) is 3.92. The molecule has 0 spiro atoms. The lowest BCUT2D eigenvalue weighted by Crippen LogP contribution is -2.54. The fourth-order valence-electron chi connectivity index (χ4n) is 8.52. The SMILES string of the molecule is CC1=CCC[C@@]2(C)[C@@H](CC[C@@]2(O)CN(C[C@H]2CCCO2)S(=O)(=O)c2cccs2)c2ccc(cc2C(=O)c2cc3ccccc3s2)C[C@@H](O)CC1. The third-order valence-corrected chi connectivity index (χ3v) is 15.8. The Kier molecular flexibility index (Phi) is 10.3. The molecule has 4 aliphatic rings. The molecule has 3 aliphatic carbocycles. The minimum absolute atomic E-state index is 0.0489. The number of sulfonamides is 1. The molecule has 266 valence electrons.